The lowest BCUT2D eigenvalue weighted by atomic mass is 10.0. The van der Waals surface area contributed by atoms with Gasteiger partial charge < -0.3 is 10.4 Å². The van der Waals surface area contributed by atoms with Crippen LogP contribution in [0.4, 0.5) is 0 Å². The molecule has 3 nitrogen and oxygen atoms in total. The second-order valence-electron chi connectivity index (χ2n) is 3.84. The van der Waals surface area contributed by atoms with Crippen LogP contribution in [-0.2, 0) is 0 Å². The number of nitrogens with one attached hydrogen (secondary N) is 1. The number of aliphatic hydroxyl groups is 1. The van der Waals surface area contributed by atoms with Crippen molar-refractivity contribution in [3.05, 3.63) is 30.1 Å². The molecule has 1 aliphatic carbocycles. The van der Waals surface area contributed by atoms with Crippen molar-refractivity contribution in [3.8, 4) is 0 Å². The summed E-state index contributed by atoms with van der Waals surface area (Å²) in [7, 11) is 0. The highest BCUT2D eigenvalue weighted by Crippen LogP contribution is 2.20. The first-order valence-corrected chi connectivity index (χ1v) is 5.14. The van der Waals surface area contributed by atoms with Gasteiger partial charge in [-0.05, 0) is 30.5 Å². The van der Waals surface area contributed by atoms with Gasteiger partial charge in [0, 0.05) is 30.9 Å². The summed E-state index contributed by atoms with van der Waals surface area (Å²) < 4.78 is 0. The molecule has 1 aliphatic rings. The number of hydrogen-bond donors (Lipinski definition) is 2. The molecule has 0 bridgehead atoms. The smallest absolute Gasteiger partial charge is 0.0511 e. The maximum absolute atomic E-state index is 9.25. The lowest BCUT2D eigenvalue weighted by molar-refractivity contribution is 0.261. The van der Waals surface area contributed by atoms with Crippen LogP contribution < -0.4 is 5.32 Å². The highest BCUT2D eigenvalue weighted by molar-refractivity contribution is 5.16. The Balaban J connectivity index is 1.90. The van der Waals surface area contributed by atoms with Gasteiger partial charge in [-0.2, -0.15) is 0 Å². The van der Waals surface area contributed by atoms with Crippen LogP contribution in [0.3, 0.4) is 0 Å². The van der Waals surface area contributed by atoms with Gasteiger partial charge in [-0.15, -0.1) is 0 Å². The molecule has 1 unspecified atom stereocenters. The second kappa shape index (κ2) is 4.53. The molecule has 1 aromatic rings. The van der Waals surface area contributed by atoms with Crippen molar-refractivity contribution in [2.75, 3.05) is 13.2 Å². The van der Waals surface area contributed by atoms with Gasteiger partial charge in [-0.1, -0.05) is 0 Å². The van der Waals surface area contributed by atoms with Crippen LogP contribution in [0.2, 0.25) is 0 Å². The predicted molar refractivity (Wildman–Crippen MR) is 55.1 cm³/mol. The van der Waals surface area contributed by atoms with Crippen LogP contribution in [0.15, 0.2) is 24.5 Å². The summed E-state index contributed by atoms with van der Waals surface area (Å²) in [5, 5.41) is 12.7. The third kappa shape index (κ3) is 2.53. The Labute approximate surface area is 84.2 Å². The van der Waals surface area contributed by atoms with Crippen molar-refractivity contribution in [1.29, 1.82) is 0 Å². The Kier molecular flexibility index (Phi) is 3.11. The molecule has 1 heterocycles. The SMILES string of the molecule is OCC(CNC1CC1)c1ccncc1. The normalized spacial score (nSPS) is 18.1. The van der Waals surface area contributed by atoms with Crippen LogP contribution in [0.25, 0.3) is 0 Å². The van der Waals surface area contributed by atoms with E-state index in [9.17, 15) is 5.11 Å². The molecule has 14 heavy (non-hydrogen) atoms. The summed E-state index contributed by atoms with van der Waals surface area (Å²) in [4.78, 5) is 3.97. The minimum absolute atomic E-state index is 0.198. The zero-order chi connectivity index (χ0) is 9.80. The number of pyridine rings is 1. The molecule has 1 saturated carbocycles. The van der Waals surface area contributed by atoms with Gasteiger partial charge in [0.2, 0.25) is 0 Å². The van der Waals surface area contributed by atoms with E-state index in [1.54, 1.807) is 12.4 Å². The Morgan fingerprint density at radius 2 is 2.14 bits per heavy atom. The summed E-state index contributed by atoms with van der Waals surface area (Å²) in [5.74, 6) is 0.207. The predicted octanol–water partition coefficient (Wildman–Crippen LogP) is 0.909. The van der Waals surface area contributed by atoms with Crippen molar-refractivity contribution >= 4 is 0 Å². The Hall–Kier alpha value is -0.930. The van der Waals surface area contributed by atoms with Crippen LogP contribution in [-0.4, -0.2) is 29.3 Å². The van der Waals surface area contributed by atoms with Crippen molar-refractivity contribution in [1.82, 2.24) is 10.3 Å². The summed E-state index contributed by atoms with van der Waals surface area (Å²) in [5.41, 5.74) is 1.16. The maximum Gasteiger partial charge on any atom is 0.0511 e. The summed E-state index contributed by atoms with van der Waals surface area (Å²) >= 11 is 0. The van der Waals surface area contributed by atoms with Crippen LogP contribution >= 0.6 is 0 Å². The highest BCUT2D eigenvalue weighted by Gasteiger charge is 2.22. The standard InChI is InChI=1S/C11H16N2O/c14-8-10(7-13-11-1-2-11)9-3-5-12-6-4-9/h3-6,10-11,13-14H,1-2,7-8H2. The quantitative estimate of drug-likeness (QED) is 0.729. The average Bonchev–Trinajstić information content (AvgIpc) is 3.04. The zero-order valence-corrected chi connectivity index (χ0v) is 8.19. The molecule has 0 amide bonds. The van der Waals surface area contributed by atoms with E-state index in [1.165, 1.54) is 12.8 Å². The van der Waals surface area contributed by atoms with E-state index < -0.39 is 0 Å². The molecule has 1 fully saturated rings. The Morgan fingerprint density at radius 3 is 2.71 bits per heavy atom. The molecule has 1 aromatic heterocycles. The number of hydrogen-bond acceptors (Lipinski definition) is 3. The summed E-state index contributed by atoms with van der Waals surface area (Å²) in [6.07, 6.45) is 6.12. The Morgan fingerprint density at radius 1 is 1.43 bits per heavy atom. The molecule has 0 radical (unpaired) electrons. The Bertz CT molecular complexity index is 272. The molecule has 0 aliphatic heterocycles. The molecule has 0 saturated heterocycles. The summed E-state index contributed by atoms with van der Waals surface area (Å²) in [6, 6.07) is 4.64. The molecular weight excluding hydrogens is 176 g/mol. The van der Waals surface area contributed by atoms with Crippen LogP contribution in [0.5, 0.6) is 0 Å². The van der Waals surface area contributed by atoms with E-state index in [0.717, 1.165) is 12.1 Å². The molecule has 76 valence electrons. The van der Waals surface area contributed by atoms with E-state index in [-0.39, 0.29) is 12.5 Å². The van der Waals surface area contributed by atoms with Gasteiger partial charge in [0.25, 0.3) is 0 Å². The van der Waals surface area contributed by atoms with Crippen LogP contribution in [0, 0.1) is 0 Å². The van der Waals surface area contributed by atoms with Gasteiger partial charge in [0.1, 0.15) is 0 Å². The topological polar surface area (TPSA) is 45.1 Å². The number of aliphatic hydroxyl groups excluding tert-OH is 1. The third-order valence-corrected chi connectivity index (χ3v) is 2.63. The fraction of sp³-hybridized carbons (Fsp3) is 0.545. The first-order valence-electron chi connectivity index (χ1n) is 5.14. The monoisotopic (exact) mass is 192 g/mol. The van der Waals surface area contributed by atoms with Crippen molar-refractivity contribution in [2.24, 2.45) is 0 Å². The third-order valence-electron chi connectivity index (χ3n) is 2.63. The minimum atomic E-state index is 0.198. The maximum atomic E-state index is 9.25. The molecular formula is C11H16N2O. The minimum Gasteiger partial charge on any atom is -0.396 e. The van der Waals surface area contributed by atoms with Gasteiger partial charge in [0.05, 0.1) is 6.61 Å². The molecule has 0 spiro atoms. The van der Waals surface area contributed by atoms with E-state index in [1.807, 2.05) is 12.1 Å². The molecule has 2 rings (SSSR count). The number of rotatable bonds is 5. The van der Waals surface area contributed by atoms with Crippen molar-refractivity contribution < 1.29 is 5.11 Å². The molecule has 0 aromatic carbocycles. The van der Waals surface area contributed by atoms with Gasteiger partial charge in [-0.25, -0.2) is 0 Å². The van der Waals surface area contributed by atoms with Gasteiger partial charge in [-0.3, -0.25) is 4.98 Å². The van der Waals surface area contributed by atoms with E-state index >= 15 is 0 Å². The first-order chi connectivity index (χ1) is 6.90. The number of nitrogens with zero attached hydrogens (tertiary/aromatic N) is 1. The van der Waals surface area contributed by atoms with Crippen molar-refractivity contribution in [3.63, 3.8) is 0 Å². The van der Waals surface area contributed by atoms with Gasteiger partial charge >= 0.3 is 0 Å². The summed E-state index contributed by atoms with van der Waals surface area (Å²) in [6.45, 7) is 1.06. The van der Waals surface area contributed by atoms with E-state index in [0.29, 0.717) is 6.04 Å². The van der Waals surface area contributed by atoms with E-state index in [4.69, 9.17) is 0 Å². The van der Waals surface area contributed by atoms with Gasteiger partial charge in [0.15, 0.2) is 0 Å². The molecule has 2 N–H and O–H groups in total. The fourth-order valence-corrected chi connectivity index (χ4v) is 1.52. The molecule has 3 heteroatoms. The fourth-order valence-electron chi connectivity index (χ4n) is 1.52. The second-order valence-corrected chi connectivity index (χ2v) is 3.84. The lowest BCUT2D eigenvalue weighted by Gasteiger charge is -2.14. The van der Waals surface area contributed by atoms with Crippen molar-refractivity contribution in [2.45, 2.75) is 24.8 Å². The first kappa shape index (κ1) is 9.62. The molecule has 1 atom stereocenters. The number of aromatic nitrogens is 1. The average molecular weight is 192 g/mol. The largest absolute Gasteiger partial charge is 0.396 e. The zero-order valence-electron chi connectivity index (χ0n) is 8.19. The van der Waals surface area contributed by atoms with E-state index in [2.05, 4.69) is 10.3 Å². The lowest BCUT2D eigenvalue weighted by Crippen LogP contribution is -2.25. The van der Waals surface area contributed by atoms with Crippen LogP contribution in [0.1, 0.15) is 24.3 Å². The highest BCUT2D eigenvalue weighted by atomic mass is 16.3.